The average Bonchev–Trinajstić information content (AvgIpc) is 2.18. The standard InChI is InChI=1S/C6H11N3OS/c1-4(10)3-5-7-8-6(11)9(5)2/h4,10H,3H2,1-2H3,(H,8,11). The van der Waals surface area contributed by atoms with E-state index in [0.717, 1.165) is 5.82 Å². The van der Waals surface area contributed by atoms with Crippen LogP contribution in [0.15, 0.2) is 0 Å². The number of aromatic amines is 1. The van der Waals surface area contributed by atoms with Crippen molar-refractivity contribution in [2.24, 2.45) is 7.05 Å². The van der Waals surface area contributed by atoms with Crippen molar-refractivity contribution in [3.05, 3.63) is 10.6 Å². The fourth-order valence-corrected chi connectivity index (χ4v) is 0.977. The number of aliphatic hydroxyl groups is 1. The van der Waals surface area contributed by atoms with Crippen LogP contribution in [-0.4, -0.2) is 26.0 Å². The quantitative estimate of drug-likeness (QED) is 0.636. The normalized spacial score (nSPS) is 13.4. The van der Waals surface area contributed by atoms with Gasteiger partial charge in [-0.15, -0.1) is 0 Å². The molecule has 0 bridgehead atoms. The van der Waals surface area contributed by atoms with Gasteiger partial charge < -0.3 is 9.67 Å². The van der Waals surface area contributed by atoms with Crippen molar-refractivity contribution in [2.45, 2.75) is 19.4 Å². The zero-order valence-corrected chi connectivity index (χ0v) is 7.35. The van der Waals surface area contributed by atoms with Gasteiger partial charge in [0.15, 0.2) is 4.77 Å². The second-order valence-electron chi connectivity index (χ2n) is 2.56. The van der Waals surface area contributed by atoms with Crippen LogP contribution in [0.4, 0.5) is 0 Å². The van der Waals surface area contributed by atoms with Gasteiger partial charge in [-0.25, -0.2) is 0 Å². The third-order valence-electron chi connectivity index (χ3n) is 1.45. The van der Waals surface area contributed by atoms with Crippen LogP contribution in [0.3, 0.4) is 0 Å². The minimum atomic E-state index is -0.376. The summed E-state index contributed by atoms with van der Waals surface area (Å²) in [7, 11) is 1.82. The van der Waals surface area contributed by atoms with Crippen molar-refractivity contribution in [1.82, 2.24) is 14.8 Å². The van der Waals surface area contributed by atoms with Gasteiger partial charge in [-0.05, 0) is 19.1 Å². The SMILES string of the molecule is CC(O)Cc1n[nH]c(=S)n1C. The second kappa shape index (κ2) is 3.15. The average molecular weight is 173 g/mol. The van der Waals surface area contributed by atoms with E-state index in [0.29, 0.717) is 11.2 Å². The Morgan fingerprint density at radius 1 is 1.82 bits per heavy atom. The van der Waals surface area contributed by atoms with Gasteiger partial charge in [-0.3, -0.25) is 5.10 Å². The Morgan fingerprint density at radius 3 is 2.82 bits per heavy atom. The lowest BCUT2D eigenvalue weighted by Gasteiger charge is -2.01. The molecule has 2 N–H and O–H groups in total. The molecule has 11 heavy (non-hydrogen) atoms. The van der Waals surface area contributed by atoms with E-state index in [1.807, 2.05) is 7.05 Å². The number of aromatic nitrogens is 3. The van der Waals surface area contributed by atoms with Crippen molar-refractivity contribution >= 4 is 12.2 Å². The van der Waals surface area contributed by atoms with Gasteiger partial charge in [0.05, 0.1) is 6.10 Å². The summed E-state index contributed by atoms with van der Waals surface area (Å²) in [4.78, 5) is 0. The van der Waals surface area contributed by atoms with E-state index in [1.54, 1.807) is 11.5 Å². The lowest BCUT2D eigenvalue weighted by molar-refractivity contribution is 0.191. The number of hydrogen-bond donors (Lipinski definition) is 2. The molecule has 4 nitrogen and oxygen atoms in total. The van der Waals surface area contributed by atoms with Crippen molar-refractivity contribution in [3.8, 4) is 0 Å². The molecule has 1 unspecified atom stereocenters. The van der Waals surface area contributed by atoms with Gasteiger partial charge in [0.1, 0.15) is 5.82 Å². The Kier molecular flexibility index (Phi) is 2.41. The Morgan fingerprint density at radius 2 is 2.45 bits per heavy atom. The first-order chi connectivity index (χ1) is 5.11. The molecule has 1 aromatic heterocycles. The Balaban J connectivity index is 2.87. The zero-order chi connectivity index (χ0) is 8.43. The van der Waals surface area contributed by atoms with Crippen LogP contribution in [-0.2, 0) is 13.5 Å². The van der Waals surface area contributed by atoms with E-state index >= 15 is 0 Å². The van der Waals surface area contributed by atoms with Crippen LogP contribution in [0.2, 0.25) is 0 Å². The van der Waals surface area contributed by atoms with Crippen LogP contribution in [0.5, 0.6) is 0 Å². The highest BCUT2D eigenvalue weighted by atomic mass is 32.1. The first-order valence-corrected chi connectivity index (χ1v) is 3.80. The smallest absolute Gasteiger partial charge is 0.194 e. The fraction of sp³-hybridized carbons (Fsp3) is 0.667. The van der Waals surface area contributed by atoms with E-state index < -0.39 is 0 Å². The Bertz CT molecular complexity index is 288. The molecule has 1 heterocycles. The van der Waals surface area contributed by atoms with E-state index in [2.05, 4.69) is 10.2 Å². The van der Waals surface area contributed by atoms with Crippen LogP contribution in [0, 0.1) is 4.77 Å². The van der Waals surface area contributed by atoms with Gasteiger partial charge >= 0.3 is 0 Å². The first-order valence-electron chi connectivity index (χ1n) is 3.39. The summed E-state index contributed by atoms with van der Waals surface area (Å²) in [6, 6.07) is 0. The van der Waals surface area contributed by atoms with Crippen molar-refractivity contribution < 1.29 is 5.11 Å². The van der Waals surface area contributed by atoms with Gasteiger partial charge in [-0.2, -0.15) is 5.10 Å². The molecule has 0 aromatic carbocycles. The van der Waals surface area contributed by atoms with Crippen molar-refractivity contribution in [1.29, 1.82) is 0 Å². The zero-order valence-electron chi connectivity index (χ0n) is 6.53. The molecule has 0 radical (unpaired) electrons. The topological polar surface area (TPSA) is 53.8 Å². The predicted molar refractivity (Wildman–Crippen MR) is 43.8 cm³/mol. The number of nitrogens with zero attached hydrogens (tertiary/aromatic N) is 2. The van der Waals surface area contributed by atoms with E-state index in [9.17, 15) is 0 Å². The molecule has 1 atom stereocenters. The highest BCUT2D eigenvalue weighted by molar-refractivity contribution is 7.71. The number of hydrogen-bond acceptors (Lipinski definition) is 3. The number of H-pyrrole nitrogens is 1. The van der Waals surface area contributed by atoms with Crippen molar-refractivity contribution in [2.75, 3.05) is 0 Å². The number of aliphatic hydroxyl groups excluding tert-OH is 1. The molecule has 62 valence electrons. The molecular formula is C6H11N3OS. The van der Waals surface area contributed by atoms with Gasteiger partial charge in [0.2, 0.25) is 0 Å². The van der Waals surface area contributed by atoms with Crippen LogP contribution in [0.25, 0.3) is 0 Å². The van der Waals surface area contributed by atoms with Crippen LogP contribution >= 0.6 is 12.2 Å². The summed E-state index contributed by atoms with van der Waals surface area (Å²) in [5.74, 6) is 0.782. The van der Waals surface area contributed by atoms with Crippen LogP contribution in [0.1, 0.15) is 12.7 Å². The third-order valence-corrected chi connectivity index (χ3v) is 1.82. The second-order valence-corrected chi connectivity index (χ2v) is 2.94. The molecule has 0 saturated heterocycles. The number of nitrogens with one attached hydrogen (secondary N) is 1. The molecule has 0 aliphatic carbocycles. The fourth-order valence-electron chi connectivity index (χ4n) is 0.826. The monoisotopic (exact) mass is 173 g/mol. The molecule has 0 amide bonds. The lowest BCUT2D eigenvalue weighted by atomic mass is 10.3. The first kappa shape index (κ1) is 8.42. The Hall–Kier alpha value is -0.680. The summed E-state index contributed by atoms with van der Waals surface area (Å²) in [6.07, 6.45) is 0.155. The molecule has 0 aliphatic heterocycles. The molecule has 0 aliphatic rings. The van der Waals surface area contributed by atoms with Gasteiger partial charge in [0, 0.05) is 13.5 Å². The van der Waals surface area contributed by atoms with Gasteiger partial charge in [0.25, 0.3) is 0 Å². The molecular weight excluding hydrogens is 162 g/mol. The summed E-state index contributed by atoms with van der Waals surface area (Å²) < 4.78 is 2.34. The summed E-state index contributed by atoms with van der Waals surface area (Å²) in [6.45, 7) is 1.72. The molecule has 1 rings (SSSR count). The maximum absolute atomic E-state index is 9.04. The Labute approximate surface area is 69.9 Å². The molecule has 1 aromatic rings. The minimum Gasteiger partial charge on any atom is -0.393 e. The van der Waals surface area contributed by atoms with E-state index in [1.165, 1.54) is 0 Å². The predicted octanol–water partition coefficient (Wildman–Crippen LogP) is 0.401. The largest absolute Gasteiger partial charge is 0.393 e. The minimum absolute atomic E-state index is 0.376. The summed E-state index contributed by atoms with van der Waals surface area (Å²) in [5, 5.41) is 15.6. The highest BCUT2D eigenvalue weighted by Gasteiger charge is 2.04. The maximum Gasteiger partial charge on any atom is 0.194 e. The van der Waals surface area contributed by atoms with E-state index in [4.69, 9.17) is 17.3 Å². The summed E-state index contributed by atoms with van der Waals surface area (Å²) in [5.41, 5.74) is 0. The van der Waals surface area contributed by atoms with Crippen molar-refractivity contribution in [3.63, 3.8) is 0 Å². The van der Waals surface area contributed by atoms with Gasteiger partial charge in [-0.1, -0.05) is 0 Å². The van der Waals surface area contributed by atoms with Crippen LogP contribution < -0.4 is 0 Å². The maximum atomic E-state index is 9.04. The third kappa shape index (κ3) is 1.87. The molecule has 5 heteroatoms. The molecule has 0 fully saturated rings. The molecule has 0 spiro atoms. The highest BCUT2D eigenvalue weighted by Crippen LogP contribution is 1.98. The van der Waals surface area contributed by atoms with E-state index in [-0.39, 0.29) is 6.10 Å². The summed E-state index contributed by atoms with van der Waals surface area (Å²) >= 11 is 4.89. The molecule has 0 saturated carbocycles. The number of rotatable bonds is 2. The lowest BCUT2D eigenvalue weighted by Crippen LogP contribution is -2.09.